The lowest BCUT2D eigenvalue weighted by molar-refractivity contribution is 0.0993. The molecule has 3 heteroatoms. The third-order valence-corrected chi connectivity index (χ3v) is 2.92. The van der Waals surface area contributed by atoms with Crippen molar-refractivity contribution in [2.24, 2.45) is 0 Å². The first-order valence-electron chi connectivity index (χ1n) is 5.79. The van der Waals surface area contributed by atoms with Crippen LogP contribution in [0.5, 0.6) is 0 Å². The number of nitrogens with zero attached hydrogens (tertiary/aromatic N) is 1. The van der Waals surface area contributed by atoms with Crippen molar-refractivity contribution in [3.05, 3.63) is 59.7 Å². The van der Waals surface area contributed by atoms with Gasteiger partial charge in [-0.3, -0.25) is 4.79 Å². The quantitative estimate of drug-likeness (QED) is 0.820. The zero-order valence-electron chi connectivity index (χ0n) is 10.6. The number of benzene rings is 2. The van der Waals surface area contributed by atoms with Crippen molar-refractivity contribution < 1.29 is 4.79 Å². The van der Waals surface area contributed by atoms with Gasteiger partial charge in [-0.15, -0.1) is 0 Å². The summed E-state index contributed by atoms with van der Waals surface area (Å²) in [7, 11) is 1.77. The molecule has 18 heavy (non-hydrogen) atoms. The third-order valence-electron chi connectivity index (χ3n) is 2.92. The Morgan fingerprint density at radius 2 is 1.83 bits per heavy atom. The molecule has 0 unspecified atom stereocenters. The van der Waals surface area contributed by atoms with Crippen LogP contribution >= 0.6 is 0 Å². The van der Waals surface area contributed by atoms with Gasteiger partial charge in [0.2, 0.25) is 0 Å². The lowest BCUT2D eigenvalue weighted by Gasteiger charge is -2.19. The molecule has 2 aromatic rings. The fourth-order valence-electron chi connectivity index (χ4n) is 1.91. The first-order chi connectivity index (χ1) is 8.59. The summed E-state index contributed by atoms with van der Waals surface area (Å²) in [6, 6.07) is 14.8. The highest BCUT2D eigenvalue weighted by Crippen LogP contribution is 2.20. The van der Waals surface area contributed by atoms with Gasteiger partial charge >= 0.3 is 0 Å². The second-order valence-corrected chi connectivity index (χ2v) is 4.28. The third kappa shape index (κ3) is 2.35. The van der Waals surface area contributed by atoms with Crippen molar-refractivity contribution in [3.63, 3.8) is 0 Å². The first kappa shape index (κ1) is 12.2. The molecule has 0 saturated carbocycles. The van der Waals surface area contributed by atoms with Crippen molar-refractivity contribution in [2.75, 3.05) is 17.7 Å². The monoisotopic (exact) mass is 240 g/mol. The molecule has 2 aromatic carbocycles. The standard InChI is InChI=1S/C15H16N2O/c1-11-6-3-4-9-14(11)17(2)15(18)12-7-5-8-13(16)10-12/h3-10H,16H2,1-2H3. The number of hydrogen-bond acceptors (Lipinski definition) is 2. The Kier molecular flexibility index (Phi) is 3.33. The van der Waals surface area contributed by atoms with E-state index in [1.165, 1.54) is 0 Å². The van der Waals surface area contributed by atoms with E-state index in [-0.39, 0.29) is 5.91 Å². The van der Waals surface area contributed by atoms with E-state index in [9.17, 15) is 4.79 Å². The summed E-state index contributed by atoms with van der Waals surface area (Å²) in [5.41, 5.74) is 8.86. The van der Waals surface area contributed by atoms with E-state index in [0.29, 0.717) is 11.3 Å². The molecule has 0 radical (unpaired) electrons. The summed E-state index contributed by atoms with van der Waals surface area (Å²) in [5, 5.41) is 0. The molecule has 0 saturated heterocycles. The van der Waals surface area contributed by atoms with Gasteiger partial charge in [-0.2, -0.15) is 0 Å². The maximum atomic E-state index is 12.3. The summed E-state index contributed by atoms with van der Waals surface area (Å²) < 4.78 is 0. The van der Waals surface area contributed by atoms with Crippen LogP contribution in [-0.2, 0) is 0 Å². The molecule has 0 aliphatic heterocycles. The molecule has 2 rings (SSSR count). The average molecular weight is 240 g/mol. The predicted molar refractivity (Wildman–Crippen MR) is 74.8 cm³/mol. The minimum absolute atomic E-state index is 0.0587. The Morgan fingerprint density at radius 1 is 1.11 bits per heavy atom. The van der Waals surface area contributed by atoms with Gasteiger partial charge < -0.3 is 10.6 Å². The van der Waals surface area contributed by atoms with Gasteiger partial charge in [0.25, 0.3) is 5.91 Å². The molecule has 0 aromatic heterocycles. The summed E-state index contributed by atoms with van der Waals surface area (Å²) in [6.45, 7) is 1.98. The predicted octanol–water partition coefficient (Wildman–Crippen LogP) is 2.85. The van der Waals surface area contributed by atoms with Crippen LogP contribution < -0.4 is 10.6 Å². The van der Waals surface area contributed by atoms with Gasteiger partial charge in [-0.1, -0.05) is 24.3 Å². The number of aryl methyl sites for hydroxylation is 1. The van der Waals surface area contributed by atoms with E-state index in [4.69, 9.17) is 5.73 Å². The molecular weight excluding hydrogens is 224 g/mol. The summed E-state index contributed by atoms with van der Waals surface area (Å²) in [6.07, 6.45) is 0. The molecule has 3 nitrogen and oxygen atoms in total. The SMILES string of the molecule is Cc1ccccc1N(C)C(=O)c1cccc(N)c1. The number of hydrogen-bond donors (Lipinski definition) is 1. The van der Waals surface area contributed by atoms with Crippen LogP contribution in [0.4, 0.5) is 11.4 Å². The van der Waals surface area contributed by atoms with Crippen LogP contribution in [0.3, 0.4) is 0 Å². The highest BCUT2D eigenvalue weighted by atomic mass is 16.2. The topological polar surface area (TPSA) is 46.3 Å². The molecule has 92 valence electrons. The maximum Gasteiger partial charge on any atom is 0.258 e. The van der Waals surface area contributed by atoms with Crippen LogP contribution in [0.1, 0.15) is 15.9 Å². The lowest BCUT2D eigenvalue weighted by Crippen LogP contribution is -2.26. The van der Waals surface area contributed by atoms with Crippen LogP contribution in [0, 0.1) is 6.92 Å². The van der Waals surface area contributed by atoms with Gasteiger partial charge in [0.1, 0.15) is 0 Å². The number of carbonyl (C=O) groups excluding carboxylic acids is 1. The van der Waals surface area contributed by atoms with Crippen LogP contribution in [0.2, 0.25) is 0 Å². The Hall–Kier alpha value is -2.29. The molecular formula is C15H16N2O. The second-order valence-electron chi connectivity index (χ2n) is 4.28. The highest BCUT2D eigenvalue weighted by molar-refractivity contribution is 6.06. The largest absolute Gasteiger partial charge is 0.399 e. The van der Waals surface area contributed by atoms with Gasteiger partial charge in [0.05, 0.1) is 0 Å². The number of rotatable bonds is 2. The van der Waals surface area contributed by atoms with E-state index in [1.807, 2.05) is 31.2 Å². The maximum absolute atomic E-state index is 12.3. The minimum Gasteiger partial charge on any atom is -0.399 e. The number of nitrogens with two attached hydrogens (primary N) is 1. The van der Waals surface area contributed by atoms with Gasteiger partial charge in [-0.25, -0.2) is 0 Å². The Labute approximate surface area is 107 Å². The first-order valence-corrected chi connectivity index (χ1v) is 5.79. The van der Waals surface area contributed by atoms with Crippen LogP contribution in [0.15, 0.2) is 48.5 Å². The van der Waals surface area contributed by atoms with E-state index in [1.54, 1.807) is 36.2 Å². The van der Waals surface area contributed by atoms with Crippen LogP contribution in [-0.4, -0.2) is 13.0 Å². The van der Waals surface area contributed by atoms with Gasteiger partial charge in [0.15, 0.2) is 0 Å². The second kappa shape index (κ2) is 4.92. The molecule has 0 spiro atoms. The van der Waals surface area contributed by atoms with Crippen molar-refractivity contribution in [1.29, 1.82) is 0 Å². The lowest BCUT2D eigenvalue weighted by atomic mass is 10.1. The fraction of sp³-hybridized carbons (Fsp3) is 0.133. The molecule has 0 atom stereocenters. The zero-order chi connectivity index (χ0) is 13.1. The Bertz CT molecular complexity index is 578. The number of amides is 1. The molecule has 0 bridgehead atoms. The molecule has 1 amide bonds. The van der Waals surface area contributed by atoms with Crippen LogP contribution in [0.25, 0.3) is 0 Å². The van der Waals surface area contributed by atoms with Gasteiger partial charge in [0, 0.05) is 24.0 Å². The Morgan fingerprint density at radius 3 is 2.50 bits per heavy atom. The number of nitrogen functional groups attached to an aromatic ring is 1. The van der Waals surface area contributed by atoms with E-state index in [0.717, 1.165) is 11.3 Å². The molecule has 0 aliphatic carbocycles. The molecule has 2 N–H and O–H groups in total. The van der Waals surface area contributed by atoms with E-state index < -0.39 is 0 Å². The van der Waals surface area contributed by atoms with Crippen molar-refractivity contribution in [1.82, 2.24) is 0 Å². The van der Waals surface area contributed by atoms with Crippen molar-refractivity contribution in [3.8, 4) is 0 Å². The van der Waals surface area contributed by atoms with Crippen molar-refractivity contribution >= 4 is 17.3 Å². The smallest absolute Gasteiger partial charge is 0.258 e. The summed E-state index contributed by atoms with van der Waals surface area (Å²) >= 11 is 0. The highest BCUT2D eigenvalue weighted by Gasteiger charge is 2.14. The molecule has 0 heterocycles. The fourth-order valence-corrected chi connectivity index (χ4v) is 1.91. The number of anilines is 2. The van der Waals surface area contributed by atoms with Gasteiger partial charge in [-0.05, 0) is 36.8 Å². The zero-order valence-corrected chi connectivity index (χ0v) is 10.6. The average Bonchev–Trinajstić information content (AvgIpc) is 2.37. The Balaban J connectivity index is 2.32. The minimum atomic E-state index is -0.0587. The number of carbonyl (C=O) groups is 1. The van der Waals surface area contributed by atoms with Crippen molar-refractivity contribution in [2.45, 2.75) is 6.92 Å². The molecule has 0 aliphatic rings. The van der Waals surface area contributed by atoms with E-state index in [2.05, 4.69) is 0 Å². The summed E-state index contributed by atoms with van der Waals surface area (Å²) in [5.74, 6) is -0.0587. The summed E-state index contributed by atoms with van der Waals surface area (Å²) in [4.78, 5) is 14.0. The normalized spacial score (nSPS) is 10.1. The van der Waals surface area contributed by atoms with E-state index >= 15 is 0 Å². The number of para-hydroxylation sites is 1. The molecule has 0 fully saturated rings.